The fraction of sp³-hybridized carbons (Fsp3) is 0.342. The Morgan fingerprint density at radius 2 is 2.05 bits per heavy atom. The number of amides is 1. The van der Waals surface area contributed by atoms with Gasteiger partial charge in [0.1, 0.15) is 0 Å². The van der Waals surface area contributed by atoms with Crippen LogP contribution in [0.5, 0.6) is 0 Å². The molecule has 0 bridgehead atoms. The van der Waals surface area contributed by atoms with Gasteiger partial charge in [-0.05, 0) is 93.8 Å². The Hall–Kier alpha value is -4.38. The van der Waals surface area contributed by atoms with Crippen LogP contribution in [0.4, 0.5) is 5.69 Å². The molecule has 4 N–H and O–H groups in total. The number of H-pyrrole nitrogens is 1. The first-order valence-electron chi connectivity index (χ1n) is 15.8. The van der Waals surface area contributed by atoms with Crippen LogP contribution in [0.1, 0.15) is 68.4 Å². The Morgan fingerprint density at radius 3 is 2.80 bits per heavy atom. The van der Waals surface area contributed by atoms with E-state index < -0.39 is 0 Å². The summed E-state index contributed by atoms with van der Waals surface area (Å²) in [6.07, 6.45) is 21.5. The number of rotatable bonds is 9. The Balaban J connectivity index is 0.00000181. The summed E-state index contributed by atoms with van der Waals surface area (Å²) < 4.78 is 0. The maximum atomic E-state index is 13.3. The van der Waals surface area contributed by atoms with Crippen molar-refractivity contribution in [1.82, 2.24) is 15.2 Å². The van der Waals surface area contributed by atoms with Gasteiger partial charge in [0.25, 0.3) is 5.91 Å². The normalized spacial score (nSPS) is 19.0. The van der Waals surface area contributed by atoms with Crippen molar-refractivity contribution >= 4 is 23.4 Å². The van der Waals surface area contributed by atoms with Crippen LogP contribution in [0.25, 0.3) is 16.8 Å². The van der Waals surface area contributed by atoms with Gasteiger partial charge in [-0.25, -0.2) is 0 Å². The van der Waals surface area contributed by atoms with Gasteiger partial charge in [0, 0.05) is 73.6 Å². The van der Waals surface area contributed by atoms with Gasteiger partial charge in [0.05, 0.1) is 0 Å². The number of nitrogens with one attached hydrogen (secondary N) is 4. The molecule has 1 fully saturated rings. The number of benzene rings is 1. The van der Waals surface area contributed by atoms with Crippen molar-refractivity contribution in [1.29, 1.82) is 5.41 Å². The average Bonchev–Trinajstić information content (AvgIpc) is 3.50. The number of nitrogens with zero attached hydrogens (tertiary/aromatic N) is 1. The first kappa shape index (κ1) is 32.5. The van der Waals surface area contributed by atoms with E-state index in [2.05, 4.69) is 66.1 Å². The first-order valence-corrected chi connectivity index (χ1v) is 15.8. The van der Waals surface area contributed by atoms with Gasteiger partial charge in [0.2, 0.25) is 0 Å². The monoisotopic (exact) mass is 593 g/mol. The molecule has 0 spiro atoms. The molecule has 1 aliphatic heterocycles. The summed E-state index contributed by atoms with van der Waals surface area (Å²) >= 11 is 0. The van der Waals surface area contributed by atoms with E-state index in [4.69, 9.17) is 5.41 Å². The second-order valence-electron chi connectivity index (χ2n) is 11.8. The zero-order valence-corrected chi connectivity index (χ0v) is 27.1. The lowest BCUT2D eigenvalue weighted by Crippen LogP contribution is -2.43. The summed E-state index contributed by atoms with van der Waals surface area (Å²) in [5.74, 6) is 0.00297. The van der Waals surface area contributed by atoms with Crippen LogP contribution in [0.15, 0.2) is 102 Å². The molecule has 2 aliphatic carbocycles. The number of carbonyl (C=O) groups is 1. The van der Waals surface area contributed by atoms with E-state index in [1.807, 2.05) is 80.8 Å². The average molecular weight is 594 g/mol. The zero-order valence-electron chi connectivity index (χ0n) is 27.1. The number of anilines is 1. The van der Waals surface area contributed by atoms with E-state index in [1.54, 1.807) is 0 Å². The Labute approximate surface area is 266 Å². The lowest BCUT2D eigenvalue weighted by molar-refractivity contribution is -0.117. The lowest BCUT2D eigenvalue weighted by Gasteiger charge is -2.31. The second-order valence-corrected chi connectivity index (χ2v) is 11.8. The summed E-state index contributed by atoms with van der Waals surface area (Å²) in [5, 5.41) is 15.0. The van der Waals surface area contributed by atoms with Crippen LogP contribution in [0.2, 0.25) is 0 Å². The molecular weight excluding hydrogens is 542 g/mol. The van der Waals surface area contributed by atoms with Crippen molar-refractivity contribution in [2.75, 3.05) is 25.0 Å². The fourth-order valence-corrected chi connectivity index (χ4v) is 5.81. The highest BCUT2D eigenvalue weighted by Gasteiger charge is 2.31. The summed E-state index contributed by atoms with van der Waals surface area (Å²) in [4.78, 5) is 19.1. The summed E-state index contributed by atoms with van der Waals surface area (Å²) in [7, 11) is 0. The maximum absolute atomic E-state index is 13.3. The Kier molecular flexibility index (Phi) is 11.0. The van der Waals surface area contributed by atoms with Crippen molar-refractivity contribution in [3.63, 3.8) is 0 Å². The topological polar surface area (TPSA) is 84.0 Å². The van der Waals surface area contributed by atoms with Crippen molar-refractivity contribution in [3.8, 4) is 11.3 Å². The molecule has 2 heterocycles. The number of hydrogen-bond acceptors (Lipinski definition) is 4. The minimum Gasteiger partial charge on any atom is -0.361 e. The smallest absolute Gasteiger partial charge is 0.251 e. The summed E-state index contributed by atoms with van der Waals surface area (Å²) in [5.41, 5.74) is 11.6. The van der Waals surface area contributed by atoms with Gasteiger partial charge in [-0.2, -0.15) is 0 Å². The molecular formula is C38H51N5O. The van der Waals surface area contributed by atoms with E-state index in [0.717, 1.165) is 58.0 Å². The Bertz CT molecular complexity index is 1600. The molecule has 2 aromatic rings. The molecule has 1 aromatic carbocycles. The third-order valence-electron chi connectivity index (χ3n) is 8.65. The van der Waals surface area contributed by atoms with E-state index in [9.17, 15) is 4.79 Å². The molecule has 5 rings (SSSR count). The predicted octanol–water partition coefficient (Wildman–Crippen LogP) is 8.67. The largest absolute Gasteiger partial charge is 0.361 e. The van der Waals surface area contributed by atoms with Crippen molar-refractivity contribution < 1.29 is 7.65 Å². The molecule has 3 aliphatic rings. The highest BCUT2D eigenvalue weighted by atomic mass is 16.1. The molecule has 6 heteroatoms. The summed E-state index contributed by atoms with van der Waals surface area (Å²) in [6.45, 7) is 15.3. The number of aromatic amines is 1. The SMILES string of the molecule is CC.CC1=CC=C(C(=O)NCCN2CCCC2(C)C)C=C(Nc2cccc(-c3cc(C4=CC=C=CC=C4)c[nH]3)c2C=N)C1C.[HH].[HH]. The molecule has 1 aromatic heterocycles. The number of carbonyl (C=O) groups excluding carboxylic acids is 1. The number of likely N-dealkylation sites (tertiary alicyclic amines) is 1. The van der Waals surface area contributed by atoms with E-state index in [-0.39, 0.29) is 20.2 Å². The molecule has 0 radical (unpaired) electrons. The van der Waals surface area contributed by atoms with Crippen LogP contribution in [0.3, 0.4) is 0 Å². The lowest BCUT2D eigenvalue weighted by atomic mass is 9.97. The fourth-order valence-electron chi connectivity index (χ4n) is 5.81. The molecule has 44 heavy (non-hydrogen) atoms. The third kappa shape index (κ3) is 7.57. The van der Waals surface area contributed by atoms with Gasteiger partial charge in [-0.1, -0.05) is 56.7 Å². The predicted molar refractivity (Wildman–Crippen MR) is 190 cm³/mol. The summed E-state index contributed by atoms with van der Waals surface area (Å²) in [6, 6.07) is 8.11. The van der Waals surface area contributed by atoms with Gasteiger partial charge in [-0.3, -0.25) is 9.69 Å². The second kappa shape index (κ2) is 14.9. The van der Waals surface area contributed by atoms with E-state index >= 15 is 0 Å². The van der Waals surface area contributed by atoms with Crippen molar-refractivity contribution in [2.24, 2.45) is 5.92 Å². The molecule has 1 atom stereocenters. The minimum absolute atomic E-state index is 0. The van der Waals surface area contributed by atoms with Gasteiger partial charge in [0.15, 0.2) is 0 Å². The molecule has 1 amide bonds. The van der Waals surface area contributed by atoms with Gasteiger partial charge in [-0.15, -0.1) is 5.73 Å². The van der Waals surface area contributed by atoms with Crippen LogP contribution in [0, 0.1) is 11.3 Å². The number of hydrogen-bond donors (Lipinski definition) is 4. The highest BCUT2D eigenvalue weighted by molar-refractivity contribution is 5.98. The van der Waals surface area contributed by atoms with Crippen LogP contribution < -0.4 is 10.6 Å². The Morgan fingerprint density at radius 1 is 1.23 bits per heavy atom. The zero-order chi connectivity index (χ0) is 31.7. The molecule has 1 unspecified atom stereocenters. The first-order chi connectivity index (χ1) is 21.3. The number of aromatic nitrogens is 1. The highest BCUT2D eigenvalue weighted by Crippen LogP contribution is 2.33. The van der Waals surface area contributed by atoms with Crippen LogP contribution >= 0.6 is 0 Å². The van der Waals surface area contributed by atoms with Crippen molar-refractivity contribution in [2.45, 2.75) is 59.9 Å². The molecule has 6 nitrogen and oxygen atoms in total. The van der Waals surface area contributed by atoms with Crippen LogP contribution in [-0.2, 0) is 4.79 Å². The molecule has 1 saturated heterocycles. The number of allylic oxidation sites excluding steroid dienone is 8. The van der Waals surface area contributed by atoms with Gasteiger partial charge < -0.3 is 21.0 Å². The van der Waals surface area contributed by atoms with Crippen LogP contribution in [-0.4, -0.2) is 47.2 Å². The van der Waals surface area contributed by atoms with E-state index in [1.165, 1.54) is 19.1 Å². The maximum Gasteiger partial charge on any atom is 0.251 e. The quantitative estimate of drug-likeness (QED) is 0.173. The van der Waals surface area contributed by atoms with Crippen molar-refractivity contribution in [3.05, 3.63) is 113 Å². The molecule has 0 saturated carbocycles. The third-order valence-corrected chi connectivity index (χ3v) is 8.65. The minimum atomic E-state index is -0.0729. The van der Waals surface area contributed by atoms with Gasteiger partial charge >= 0.3 is 0 Å². The molecule has 234 valence electrons. The van der Waals surface area contributed by atoms with E-state index in [0.29, 0.717) is 12.1 Å². The standard InChI is InChI=1S/C36H41N5O.C2H6.2H2/c1-25-15-16-28(35(42)38-18-20-41-19-10-17-36(41,3)4)21-33(26(25)2)40-32-14-9-13-30(31(32)23-37)34-22-29(24-39-34)27-11-7-5-6-8-12-27;1-2;;/h5,7-9,11-16,21-24,26,37,39-40H,10,17-20H2,1-4H3,(H,38,42);1-2H3;2*1H.